The van der Waals surface area contributed by atoms with Gasteiger partial charge in [0.2, 0.25) is 11.8 Å². The summed E-state index contributed by atoms with van der Waals surface area (Å²) >= 11 is 12.5. The molecule has 0 fully saturated rings. The molecule has 1 atom stereocenters. The van der Waals surface area contributed by atoms with Crippen LogP contribution in [-0.2, 0) is 26.2 Å². The van der Waals surface area contributed by atoms with Crippen LogP contribution in [0.1, 0.15) is 38.7 Å². The Bertz CT molecular complexity index is 1360. The van der Waals surface area contributed by atoms with Gasteiger partial charge in [0.05, 0.1) is 10.6 Å². The number of halogens is 2. The highest BCUT2D eigenvalue weighted by Gasteiger charge is 2.33. The summed E-state index contributed by atoms with van der Waals surface area (Å²) < 4.78 is 28.5. The largest absolute Gasteiger partial charge is 0.354 e. The molecule has 0 aliphatic rings. The highest BCUT2D eigenvalue weighted by molar-refractivity contribution is 7.92. The first-order valence-electron chi connectivity index (χ1n) is 12.8. The summed E-state index contributed by atoms with van der Waals surface area (Å²) in [5, 5.41) is 3.69. The molecule has 0 aliphatic carbocycles. The van der Waals surface area contributed by atoms with Crippen LogP contribution in [-0.4, -0.2) is 44.3 Å². The molecule has 1 unspecified atom stereocenters. The number of nitrogens with zero attached hydrogens (tertiary/aromatic N) is 2. The molecular weight excluding hydrogens is 557 g/mol. The molecule has 208 valence electrons. The number of hydrogen-bond acceptors (Lipinski definition) is 4. The van der Waals surface area contributed by atoms with E-state index in [0.717, 1.165) is 17.1 Å². The fourth-order valence-electron chi connectivity index (χ4n) is 4.10. The van der Waals surface area contributed by atoms with Gasteiger partial charge in [0.15, 0.2) is 0 Å². The lowest BCUT2D eigenvalue weighted by Gasteiger charge is -2.33. The van der Waals surface area contributed by atoms with Crippen LogP contribution in [0, 0.1) is 0 Å². The van der Waals surface area contributed by atoms with Crippen molar-refractivity contribution in [3.63, 3.8) is 0 Å². The SMILES string of the molecule is CCCCNC(=O)C(CC)N(Cc1ccc(Cl)cc1Cl)C(=O)CN(c1ccccc1)S(=O)(=O)c1ccccc1. The fourth-order valence-corrected chi connectivity index (χ4v) is 6.01. The number of benzene rings is 3. The van der Waals surface area contributed by atoms with Gasteiger partial charge in [-0.1, -0.05) is 85.9 Å². The summed E-state index contributed by atoms with van der Waals surface area (Å²) in [7, 11) is -4.10. The van der Waals surface area contributed by atoms with E-state index in [1.54, 1.807) is 66.7 Å². The van der Waals surface area contributed by atoms with Gasteiger partial charge in [0.25, 0.3) is 10.0 Å². The van der Waals surface area contributed by atoms with Crippen LogP contribution in [0.3, 0.4) is 0 Å². The van der Waals surface area contributed by atoms with Gasteiger partial charge in [0, 0.05) is 23.1 Å². The van der Waals surface area contributed by atoms with E-state index in [2.05, 4.69) is 5.32 Å². The average Bonchev–Trinajstić information content (AvgIpc) is 2.93. The van der Waals surface area contributed by atoms with E-state index < -0.39 is 28.5 Å². The summed E-state index contributed by atoms with van der Waals surface area (Å²) in [6.07, 6.45) is 2.03. The van der Waals surface area contributed by atoms with Crippen LogP contribution in [0.2, 0.25) is 10.0 Å². The fraction of sp³-hybridized carbons (Fsp3) is 0.310. The van der Waals surface area contributed by atoms with Crippen LogP contribution >= 0.6 is 23.2 Å². The molecule has 0 spiro atoms. The Labute approximate surface area is 240 Å². The molecule has 0 saturated carbocycles. The van der Waals surface area contributed by atoms with Crippen molar-refractivity contribution in [2.45, 2.75) is 50.6 Å². The van der Waals surface area contributed by atoms with Gasteiger partial charge in [0.1, 0.15) is 12.6 Å². The first-order valence-corrected chi connectivity index (χ1v) is 15.0. The lowest BCUT2D eigenvalue weighted by molar-refractivity contribution is -0.140. The second-order valence-electron chi connectivity index (χ2n) is 8.99. The highest BCUT2D eigenvalue weighted by atomic mass is 35.5. The number of carbonyl (C=O) groups excluding carboxylic acids is 2. The van der Waals surface area contributed by atoms with E-state index in [0.29, 0.717) is 34.3 Å². The van der Waals surface area contributed by atoms with Crippen LogP contribution in [0.5, 0.6) is 0 Å². The maximum atomic E-state index is 14.0. The van der Waals surface area contributed by atoms with Crippen LogP contribution < -0.4 is 9.62 Å². The predicted octanol–water partition coefficient (Wildman–Crippen LogP) is 5.91. The lowest BCUT2D eigenvalue weighted by Crippen LogP contribution is -2.52. The van der Waals surface area contributed by atoms with Gasteiger partial charge in [-0.25, -0.2) is 8.42 Å². The minimum absolute atomic E-state index is 0.00253. The summed E-state index contributed by atoms with van der Waals surface area (Å²) in [4.78, 5) is 28.7. The second kappa shape index (κ2) is 14.4. The molecule has 0 aliphatic heterocycles. The average molecular weight is 591 g/mol. The van der Waals surface area contributed by atoms with Crippen LogP contribution in [0.4, 0.5) is 5.69 Å². The Morgan fingerprint density at radius 2 is 1.56 bits per heavy atom. The number of para-hydroxylation sites is 1. The van der Waals surface area contributed by atoms with E-state index in [-0.39, 0.29) is 17.3 Å². The molecule has 7 nitrogen and oxygen atoms in total. The minimum Gasteiger partial charge on any atom is -0.354 e. The molecule has 2 amide bonds. The van der Waals surface area contributed by atoms with Gasteiger partial charge < -0.3 is 10.2 Å². The van der Waals surface area contributed by atoms with Crippen molar-refractivity contribution in [1.29, 1.82) is 0 Å². The molecule has 0 saturated heterocycles. The molecule has 39 heavy (non-hydrogen) atoms. The summed E-state index contributed by atoms with van der Waals surface area (Å²) in [5.41, 5.74) is 0.922. The topological polar surface area (TPSA) is 86.8 Å². The molecule has 0 heterocycles. The lowest BCUT2D eigenvalue weighted by atomic mass is 10.1. The summed E-state index contributed by atoms with van der Waals surface area (Å²) in [6.45, 7) is 3.80. The number of amides is 2. The number of anilines is 1. The third-order valence-corrected chi connectivity index (χ3v) is 8.60. The van der Waals surface area contributed by atoms with E-state index >= 15 is 0 Å². The number of carbonyl (C=O) groups is 2. The number of rotatable bonds is 13. The second-order valence-corrected chi connectivity index (χ2v) is 11.7. The van der Waals surface area contributed by atoms with Crippen molar-refractivity contribution in [3.05, 3.63) is 94.5 Å². The van der Waals surface area contributed by atoms with Crippen molar-refractivity contribution in [2.24, 2.45) is 0 Å². The van der Waals surface area contributed by atoms with Gasteiger partial charge >= 0.3 is 0 Å². The maximum absolute atomic E-state index is 14.0. The first kappa shape index (κ1) is 30.5. The zero-order valence-corrected chi connectivity index (χ0v) is 24.3. The normalized spacial score (nSPS) is 12.0. The standard InChI is InChI=1S/C29H33Cl2N3O4S/c1-3-5-18-32-29(36)27(4-2)33(20-22-16-17-23(30)19-26(22)31)28(35)21-34(24-12-8-6-9-13-24)39(37,38)25-14-10-7-11-15-25/h6-17,19,27H,3-5,18,20-21H2,1-2H3,(H,32,36). The molecule has 0 bridgehead atoms. The van der Waals surface area contributed by atoms with Crippen LogP contribution in [0.15, 0.2) is 83.8 Å². The Hall–Kier alpha value is -3.07. The first-order chi connectivity index (χ1) is 18.7. The van der Waals surface area contributed by atoms with E-state index in [4.69, 9.17) is 23.2 Å². The predicted molar refractivity (Wildman–Crippen MR) is 156 cm³/mol. The molecule has 10 heteroatoms. The number of nitrogens with one attached hydrogen (secondary N) is 1. The number of unbranched alkanes of at least 4 members (excludes halogenated alkanes) is 1. The highest BCUT2D eigenvalue weighted by Crippen LogP contribution is 2.26. The van der Waals surface area contributed by atoms with Gasteiger partial charge in [-0.3, -0.25) is 13.9 Å². The van der Waals surface area contributed by atoms with Crippen molar-refractivity contribution in [1.82, 2.24) is 10.2 Å². The van der Waals surface area contributed by atoms with Gasteiger partial charge in [-0.2, -0.15) is 0 Å². The Balaban J connectivity index is 2.02. The Morgan fingerprint density at radius 3 is 2.15 bits per heavy atom. The third-order valence-electron chi connectivity index (χ3n) is 6.23. The number of hydrogen-bond donors (Lipinski definition) is 1. The Kier molecular flexibility index (Phi) is 11.2. The number of sulfonamides is 1. The van der Waals surface area contributed by atoms with E-state index in [1.165, 1.54) is 17.0 Å². The van der Waals surface area contributed by atoms with Crippen molar-refractivity contribution < 1.29 is 18.0 Å². The van der Waals surface area contributed by atoms with E-state index in [1.807, 2.05) is 13.8 Å². The summed E-state index contributed by atoms with van der Waals surface area (Å²) in [5.74, 6) is -0.844. The van der Waals surface area contributed by atoms with Crippen LogP contribution in [0.25, 0.3) is 0 Å². The molecule has 0 radical (unpaired) electrons. The van der Waals surface area contributed by atoms with E-state index in [9.17, 15) is 18.0 Å². The minimum atomic E-state index is -4.10. The molecular formula is C29H33Cl2N3O4S. The molecule has 0 aromatic heterocycles. The zero-order valence-electron chi connectivity index (χ0n) is 22.0. The van der Waals surface area contributed by atoms with Gasteiger partial charge in [-0.15, -0.1) is 0 Å². The maximum Gasteiger partial charge on any atom is 0.264 e. The zero-order chi connectivity index (χ0) is 28.4. The quantitative estimate of drug-likeness (QED) is 0.251. The monoisotopic (exact) mass is 589 g/mol. The Morgan fingerprint density at radius 1 is 0.923 bits per heavy atom. The van der Waals surface area contributed by atoms with Gasteiger partial charge in [-0.05, 0) is 54.8 Å². The van der Waals surface area contributed by atoms with Crippen molar-refractivity contribution in [3.8, 4) is 0 Å². The molecule has 3 aromatic carbocycles. The molecule has 3 aromatic rings. The van der Waals surface area contributed by atoms with Crippen molar-refractivity contribution >= 4 is 50.7 Å². The molecule has 1 N–H and O–H groups in total. The van der Waals surface area contributed by atoms with Crippen molar-refractivity contribution in [2.75, 3.05) is 17.4 Å². The summed E-state index contributed by atoms with van der Waals surface area (Å²) in [6, 6.07) is 20.5. The third kappa shape index (κ3) is 7.97. The smallest absolute Gasteiger partial charge is 0.264 e. The molecule has 3 rings (SSSR count).